The van der Waals surface area contributed by atoms with Crippen LogP contribution in [0.5, 0.6) is 0 Å². The lowest BCUT2D eigenvalue weighted by atomic mass is 10.4. The highest BCUT2D eigenvalue weighted by atomic mass is 16.5. The van der Waals surface area contributed by atoms with E-state index in [1.165, 1.54) is 0 Å². The van der Waals surface area contributed by atoms with Gasteiger partial charge in [0.25, 0.3) is 0 Å². The summed E-state index contributed by atoms with van der Waals surface area (Å²) in [6.07, 6.45) is 3.01. The van der Waals surface area contributed by atoms with Gasteiger partial charge in [0.1, 0.15) is 0 Å². The van der Waals surface area contributed by atoms with Gasteiger partial charge >= 0.3 is 0 Å². The minimum atomic E-state index is 0.785. The van der Waals surface area contributed by atoms with Crippen LogP contribution in [0.25, 0.3) is 0 Å². The van der Waals surface area contributed by atoms with Crippen LogP contribution in [0.15, 0.2) is 11.8 Å². The van der Waals surface area contributed by atoms with Crippen molar-refractivity contribution >= 4 is 0 Å². The van der Waals surface area contributed by atoms with E-state index in [1.807, 2.05) is 19.9 Å². The monoisotopic (exact) mass is 114 g/mol. The molecule has 0 radical (unpaired) electrons. The molecule has 1 heteroatoms. The summed E-state index contributed by atoms with van der Waals surface area (Å²) in [5.74, 6) is 1.09. The first kappa shape index (κ1) is 7.54. The zero-order valence-electron chi connectivity index (χ0n) is 5.90. The lowest BCUT2D eigenvalue weighted by Gasteiger charge is -2.02. The maximum Gasteiger partial charge on any atom is 0.0914 e. The molecule has 0 amide bonds. The fraction of sp³-hybridized carbons (Fsp3) is 0.714. The largest absolute Gasteiger partial charge is 0.499 e. The molecule has 0 saturated heterocycles. The molecule has 0 aromatic carbocycles. The van der Waals surface area contributed by atoms with Gasteiger partial charge in [0.2, 0.25) is 0 Å². The van der Waals surface area contributed by atoms with Crippen LogP contribution in [0.4, 0.5) is 0 Å². The summed E-state index contributed by atoms with van der Waals surface area (Å²) >= 11 is 0. The standard InChI is InChI=1S/C7H14O/c1-4-7(5-2)8-6-3/h4H,5-6H2,1-3H3/b7-4+. The Morgan fingerprint density at radius 1 is 1.50 bits per heavy atom. The average molecular weight is 114 g/mol. The molecule has 0 unspecified atom stereocenters. The van der Waals surface area contributed by atoms with Crippen LogP contribution in [-0.4, -0.2) is 6.61 Å². The van der Waals surface area contributed by atoms with Gasteiger partial charge in [0, 0.05) is 6.42 Å². The molecule has 48 valence electrons. The Kier molecular flexibility index (Phi) is 4.42. The highest BCUT2D eigenvalue weighted by Gasteiger charge is 1.86. The number of allylic oxidation sites excluding steroid dienone is 2. The van der Waals surface area contributed by atoms with Crippen LogP contribution in [0.3, 0.4) is 0 Å². The van der Waals surface area contributed by atoms with Gasteiger partial charge in [-0.2, -0.15) is 0 Å². The summed E-state index contributed by atoms with van der Waals surface area (Å²) in [4.78, 5) is 0. The fourth-order valence-corrected chi connectivity index (χ4v) is 0.575. The molecule has 0 N–H and O–H groups in total. The topological polar surface area (TPSA) is 9.23 Å². The normalized spacial score (nSPS) is 11.6. The van der Waals surface area contributed by atoms with E-state index in [0.717, 1.165) is 18.8 Å². The molecule has 0 fully saturated rings. The van der Waals surface area contributed by atoms with Crippen molar-refractivity contribution in [1.29, 1.82) is 0 Å². The summed E-state index contributed by atoms with van der Waals surface area (Å²) in [7, 11) is 0. The van der Waals surface area contributed by atoms with E-state index >= 15 is 0 Å². The molecule has 0 aliphatic heterocycles. The molecule has 0 bridgehead atoms. The van der Waals surface area contributed by atoms with E-state index < -0.39 is 0 Å². The minimum absolute atomic E-state index is 0.785. The first-order valence-corrected chi connectivity index (χ1v) is 3.13. The lowest BCUT2D eigenvalue weighted by molar-refractivity contribution is 0.220. The Labute approximate surface area is 51.4 Å². The van der Waals surface area contributed by atoms with Gasteiger partial charge < -0.3 is 4.74 Å². The number of hydrogen-bond donors (Lipinski definition) is 0. The highest BCUT2D eigenvalue weighted by Crippen LogP contribution is 2.00. The van der Waals surface area contributed by atoms with Gasteiger partial charge in [-0.05, 0) is 19.9 Å². The van der Waals surface area contributed by atoms with Crippen LogP contribution in [0.2, 0.25) is 0 Å². The van der Waals surface area contributed by atoms with Crippen molar-refractivity contribution in [2.24, 2.45) is 0 Å². The van der Waals surface area contributed by atoms with Crippen LogP contribution in [-0.2, 0) is 4.74 Å². The Morgan fingerprint density at radius 2 is 2.12 bits per heavy atom. The third kappa shape index (κ3) is 2.67. The smallest absolute Gasteiger partial charge is 0.0914 e. The molecule has 0 aliphatic rings. The van der Waals surface area contributed by atoms with Crippen molar-refractivity contribution in [3.63, 3.8) is 0 Å². The SMILES string of the molecule is C/C=C(\CC)OCC. The second-order valence-electron chi connectivity index (χ2n) is 1.54. The van der Waals surface area contributed by atoms with Gasteiger partial charge in [-0.15, -0.1) is 0 Å². The Bertz CT molecular complexity index is 74.5. The predicted octanol–water partition coefficient (Wildman–Crippen LogP) is 2.34. The molecule has 0 spiro atoms. The lowest BCUT2D eigenvalue weighted by Crippen LogP contribution is -1.87. The van der Waals surface area contributed by atoms with Crippen LogP contribution in [0.1, 0.15) is 27.2 Å². The second-order valence-corrected chi connectivity index (χ2v) is 1.54. The number of ether oxygens (including phenoxy) is 1. The van der Waals surface area contributed by atoms with Crippen molar-refractivity contribution in [2.75, 3.05) is 6.61 Å². The molecule has 0 aromatic heterocycles. The summed E-state index contributed by atoms with van der Waals surface area (Å²) in [6, 6.07) is 0. The zero-order valence-corrected chi connectivity index (χ0v) is 5.90. The summed E-state index contributed by atoms with van der Waals surface area (Å²) in [5.41, 5.74) is 0. The van der Waals surface area contributed by atoms with E-state index in [1.54, 1.807) is 0 Å². The maximum atomic E-state index is 5.20. The molecule has 0 saturated carbocycles. The first-order chi connectivity index (χ1) is 3.85. The second kappa shape index (κ2) is 4.69. The van der Waals surface area contributed by atoms with Gasteiger partial charge in [-0.1, -0.05) is 6.92 Å². The Balaban J connectivity index is 3.38. The average Bonchev–Trinajstić information content (AvgIpc) is 1.83. The molecule has 8 heavy (non-hydrogen) atoms. The van der Waals surface area contributed by atoms with Crippen LogP contribution in [0, 0.1) is 0 Å². The first-order valence-electron chi connectivity index (χ1n) is 3.13. The Hall–Kier alpha value is -0.460. The highest BCUT2D eigenvalue weighted by molar-refractivity contribution is 4.87. The third-order valence-electron chi connectivity index (χ3n) is 1.00. The van der Waals surface area contributed by atoms with Crippen LogP contribution < -0.4 is 0 Å². The molecule has 0 aliphatic carbocycles. The maximum absolute atomic E-state index is 5.20. The summed E-state index contributed by atoms with van der Waals surface area (Å²) in [5, 5.41) is 0. The van der Waals surface area contributed by atoms with E-state index in [4.69, 9.17) is 4.74 Å². The Morgan fingerprint density at radius 3 is 2.25 bits per heavy atom. The molecule has 0 atom stereocenters. The number of hydrogen-bond acceptors (Lipinski definition) is 1. The van der Waals surface area contributed by atoms with E-state index in [-0.39, 0.29) is 0 Å². The van der Waals surface area contributed by atoms with Crippen molar-refractivity contribution in [2.45, 2.75) is 27.2 Å². The molecule has 0 aromatic rings. The summed E-state index contributed by atoms with van der Waals surface area (Å²) in [6.45, 7) is 6.87. The zero-order chi connectivity index (χ0) is 6.41. The van der Waals surface area contributed by atoms with E-state index in [0.29, 0.717) is 0 Å². The van der Waals surface area contributed by atoms with E-state index in [2.05, 4.69) is 6.92 Å². The quantitative estimate of drug-likeness (QED) is 0.512. The van der Waals surface area contributed by atoms with Crippen molar-refractivity contribution in [1.82, 2.24) is 0 Å². The van der Waals surface area contributed by atoms with Gasteiger partial charge in [0.05, 0.1) is 12.4 Å². The summed E-state index contributed by atoms with van der Waals surface area (Å²) < 4.78 is 5.20. The van der Waals surface area contributed by atoms with Crippen molar-refractivity contribution < 1.29 is 4.74 Å². The molecular weight excluding hydrogens is 100 g/mol. The molecule has 0 heterocycles. The number of rotatable bonds is 3. The van der Waals surface area contributed by atoms with Crippen molar-refractivity contribution in [3.8, 4) is 0 Å². The molecule has 1 nitrogen and oxygen atoms in total. The molecule has 0 rings (SSSR count). The predicted molar refractivity (Wildman–Crippen MR) is 35.7 cm³/mol. The van der Waals surface area contributed by atoms with Crippen molar-refractivity contribution in [3.05, 3.63) is 11.8 Å². The van der Waals surface area contributed by atoms with Gasteiger partial charge in [-0.25, -0.2) is 0 Å². The third-order valence-corrected chi connectivity index (χ3v) is 1.00. The molecular formula is C7H14O. The van der Waals surface area contributed by atoms with Crippen LogP contribution >= 0.6 is 0 Å². The van der Waals surface area contributed by atoms with E-state index in [9.17, 15) is 0 Å². The minimum Gasteiger partial charge on any atom is -0.499 e. The van der Waals surface area contributed by atoms with Gasteiger partial charge in [0.15, 0.2) is 0 Å². The fourth-order valence-electron chi connectivity index (χ4n) is 0.575. The van der Waals surface area contributed by atoms with Gasteiger partial charge in [-0.3, -0.25) is 0 Å².